The van der Waals surface area contributed by atoms with Crippen molar-refractivity contribution in [2.75, 3.05) is 6.61 Å². The van der Waals surface area contributed by atoms with Crippen molar-refractivity contribution in [3.8, 4) is 0 Å². The summed E-state index contributed by atoms with van der Waals surface area (Å²) in [5.41, 5.74) is 0. The van der Waals surface area contributed by atoms with Crippen molar-refractivity contribution in [1.29, 1.82) is 0 Å². The Morgan fingerprint density at radius 3 is 2.48 bits per heavy atom. The molecule has 4 N–H and O–H groups in total. The van der Waals surface area contributed by atoms with Gasteiger partial charge in [0.2, 0.25) is 0 Å². The van der Waals surface area contributed by atoms with Crippen LogP contribution >= 0.6 is 0 Å². The first-order chi connectivity index (χ1) is 9.99. The Morgan fingerprint density at radius 2 is 1.86 bits per heavy atom. The molecule has 5 heteroatoms. The lowest BCUT2D eigenvalue weighted by molar-refractivity contribution is -0.144. The highest BCUT2D eigenvalue weighted by Crippen LogP contribution is 2.38. The zero-order valence-corrected chi connectivity index (χ0v) is 12.7. The smallest absolute Gasteiger partial charge is 0.306 e. The maximum Gasteiger partial charge on any atom is 0.306 e. The van der Waals surface area contributed by atoms with Crippen LogP contribution in [0.2, 0.25) is 0 Å². The lowest BCUT2D eigenvalue weighted by Gasteiger charge is -2.24. The minimum absolute atomic E-state index is 0.233. The molecular weight excluding hydrogens is 272 g/mol. The van der Waals surface area contributed by atoms with E-state index in [4.69, 9.17) is 10.2 Å². The molecule has 0 heterocycles. The van der Waals surface area contributed by atoms with E-state index in [1.165, 1.54) is 0 Å². The molecule has 122 valence electrons. The third-order valence-corrected chi connectivity index (χ3v) is 4.42. The van der Waals surface area contributed by atoms with Crippen LogP contribution in [0.25, 0.3) is 0 Å². The summed E-state index contributed by atoms with van der Waals surface area (Å²) < 4.78 is 0. The third kappa shape index (κ3) is 5.41. The number of carboxylic acids is 1. The number of aliphatic hydroxyl groups is 3. The summed E-state index contributed by atoms with van der Waals surface area (Å²) in [4.78, 5) is 11.1. The molecule has 0 aromatic heterocycles. The average Bonchev–Trinajstić information content (AvgIpc) is 2.71. The molecule has 1 aliphatic rings. The van der Waals surface area contributed by atoms with Crippen LogP contribution in [0, 0.1) is 17.8 Å². The zero-order valence-electron chi connectivity index (χ0n) is 12.7. The number of aliphatic carboxylic acids is 1. The van der Waals surface area contributed by atoms with Gasteiger partial charge >= 0.3 is 5.97 Å². The summed E-state index contributed by atoms with van der Waals surface area (Å²) in [6.07, 6.45) is 7.44. The van der Waals surface area contributed by atoms with E-state index >= 15 is 0 Å². The Bertz CT molecular complexity index is 342. The molecule has 0 radical (unpaired) electrons. The van der Waals surface area contributed by atoms with Crippen LogP contribution in [0.1, 0.15) is 45.4 Å². The summed E-state index contributed by atoms with van der Waals surface area (Å²) >= 11 is 0. The van der Waals surface area contributed by atoms with E-state index < -0.39 is 30.0 Å². The van der Waals surface area contributed by atoms with Gasteiger partial charge < -0.3 is 20.4 Å². The summed E-state index contributed by atoms with van der Waals surface area (Å²) in [5, 5.41) is 37.8. The highest BCUT2D eigenvalue weighted by molar-refractivity contribution is 5.70. The van der Waals surface area contributed by atoms with E-state index in [1.807, 2.05) is 12.2 Å². The molecule has 0 aliphatic heterocycles. The first kappa shape index (κ1) is 18.1. The van der Waals surface area contributed by atoms with Gasteiger partial charge in [-0.3, -0.25) is 4.79 Å². The monoisotopic (exact) mass is 300 g/mol. The first-order valence-electron chi connectivity index (χ1n) is 7.85. The van der Waals surface area contributed by atoms with Gasteiger partial charge in [-0.2, -0.15) is 0 Å². The maximum atomic E-state index is 11.1. The highest BCUT2D eigenvalue weighted by Gasteiger charge is 2.45. The van der Waals surface area contributed by atoms with E-state index in [0.717, 1.165) is 32.1 Å². The number of unbranched alkanes of at least 4 members (excludes halogenated alkanes) is 4. The normalized spacial score (nSPS) is 30.9. The molecule has 21 heavy (non-hydrogen) atoms. The summed E-state index contributed by atoms with van der Waals surface area (Å²) in [6, 6.07) is 0. The van der Waals surface area contributed by atoms with E-state index in [9.17, 15) is 15.0 Å². The Labute approximate surface area is 126 Å². The minimum Gasteiger partial charge on any atom is -0.481 e. The van der Waals surface area contributed by atoms with Gasteiger partial charge in [-0.15, -0.1) is 0 Å². The topological polar surface area (TPSA) is 98.0 Å². The Morgan fingerprint density at radius 1 is 1.19 bits per heavy atom. The lowest BCUT2D eigenvalue weighted by atomic mass is 9.83. The Hall–Kier alpha value is -0.910. The number of hydrogen-bond donors (Lipinski definition) is 4. The number of carbonyl (C=O) groups is 1. The Kier molecular flexibility index (Phi) is 7.93. The molecule has 5 nitrogen and oxygen atoms in total. The minimum atomic E-state index is -0.935. The molecule has 5 atom stereocenters. The summed E-state index contributed by atoms with van der Waals surface area (Å²) in [5.74, 6) is -2.32. The lowest BCUT2D eigenvalue weighted by Crippen LogP contribution is -2.31. The van der Waals surface area contributed by atoms with Crippen molar-refractivity contribution in [1.82, 2.24) is 0 Å². The van der Waals surface area contributed by atoms with Crippen LogP contribution in [0.5, 0.6) is 0 Å². The molecule has 0 spiro atoms. The SMILES string of the molecule is CC(C(=O)O)[C@H]1[C@@H](C=CCCCCCCO)[C@H](O)C[C@@H]1O. The van der Waals surface area contributed by atoms with Crippen molar-refractivity contribution in [3.63, 3.8) is 0 Å². The van der Waals surface area contributed by atoms with Gasteiger partial charge in [-0.25, -0.2) is 0 Å². The fourth-order valence-electron chi connectivity index (χ4n) is 3.14. The first-order valence-corrected chi connectivity index (χ1v) is 7.85. The van der Waals surface area contributed by atoms with Crippen LogP contribution < -0.4 is 0 Å². The van der Waals surface area contributed by atoms with Gasteiger partial charge in [0.15, 0.2) is 0 Å². The number of hydrogen-bond acceptors (Lipinski definition) is 4. The second-order valence-corrected chi connectivity index (χ2v) is 6.01. The quantitative estimate of drug-likeness (QED) is 0.383. The Balaban J connectivity index is 2.48. The van der Waals surface area contributed by atoms with E-state index in [0.29, 0.717) is 0 Å². The van der Waals surface area contributed by atoms with Crippen LogP contribution in [0.15, 0.2) is 12.2 Å². The van der Waals surface area contributed by atoms with E-state index in [-0.39, 0.29) is 18.9 Å². The van der Waals surface area contributed by atoms with Crippen LogP contribution in [-0.4, -0.2) is 45.2 Å². The second kappa shape index (κ2) is 9.18. The zero-order chi connectivity index (χ0) is 15.8. The van der Waals surface area contributed by atoms with Gasteiger partial charge in [0, 0.05) is 24.9 Å². The predicted octanol–water partition coefficient (Wildman–Crippen LogP) is 1.56. The molecular formula is C16H28O5. The molecule has 0 aromatic carbocycles. The van der Waals surface area contributed by atoms with Crippen molar-refractivity contribution in [3.05, 3.63) is 12.2 Å². The molecule has 1 aliphatic carbocycles. The summed E-state index contributed by atoms with van der Waals surface area (Å²) in [6.45, 7) is 1.82. The number of carboxylic acid groups (broad SMARTS) is 1. The molecule has 0 saturated heterocycles. The predicted molar refractivity (Wildman–Crippen MR) is 79.7 cm³/mol. The molecule has 1 fully saturated rings. The molecule has 0 amide bonds. The third-order valence-electron chi connectivity index (χ3n) is 4.42. The van der Waals surface area contributed by atoms with E-state index in [1.54, 1.807) is 6.92 Å². The molecule has 0 bridgehead atoms. The number of rotatable bonds is 9. The second-order valence-electron chi connectivity index (χ2n) is 6.01. The van der Waals surface area contributed by atoms with Gasteiger partial charge in [0.1, 0.15) is 0 Å². The van der Waals surface area contributed by atoms with Crippen molar-refractivity contribution in [2.24, 2.45) is 17.8 Å². The van der Waals surface area contributed by atoms with Crippen LogP contribution in [0.4, 0.5) is 0 Å². The summed E-state index contributed by atoms with van der Waals surface area (Å²) in [7, 11) is 0. The fraction of sp³-hybridized carbons (Fsp3) is 0.812. The van der Waals surface area contributed by atoms with Gasteiger partial charge in [-0.05, 0) is 19.3 Å². The van der Waals surface area contributed by atoms with Gasteiger partial charge in [0.25, 0.3) is 0 Å². The molecule has 1 rings (SSSR count). The largest absolute Gasteiger partial charge is 0.481 e. The van der Waals surface area contributed by atoms with Gasteiger partial charge in [-0.1, -0.05) is 31.9 Å². The standard InChI is InChI=1S/C16H28O5/c1-11(16(20)21)15-12(13(18)10-14(15)19)8-6-4-2-3-5-7-9-17/h6,8,11-15,17-19H,2-5,7,9-10H2,1H3,(H,20,21)/t11?,12-,13+,14-,15-/m0/s1. The van der Waals surface area contributed by atoms with Crippen molar-refractivity contribution >= 4 is 5.97 Å². The average molecular weight is 300 g/mol. The number of aliphatic hydroxyl groups excluding tert-OH is 3. The highest BCUT2D eigenvalue weighted by atomic mass is 16.4. The van der Waals surface area contributed by atoms with Crippen molar-refractivity contribution in [2.45, 2.75) is 57.7 Å². The molecule has 1 unspecified atom stereocenters. The van der Waals surface area contributed by atoms with Crippen LogP contribution in [0.3, 0.4) is 0 Å². The van der Waals surface area contributed by atoms with Crippen molar-refractivity contribution < 1.29 is 25.2 Å². The van der Waals surface area contributed by atoms with Gasteiger partial charge in [0.05, 0.1) is 18.1 Å². The molecule has 1 saturated carbocycles. The number of allylic oxidation sites excluding steroid dienone is 1. The maximum absolute atomic E-state index is 11.1. The fourth-order valence-corrected chi connectivity index (χ4v) is 3.14. The molecule has 0 aromatic rings. The van der Waals surface area contributed by atoms with Crippen LogP contribution in [-0.2, 0) is 4.79 Å². The van der Waals surface area contributed by atoms with E-state index in [2.05, 4.69) is 0 Å².